The zero-order chi connectivity index (χ0) is 12.5. The number of nitrogens with zero attached hydrogens (tertiary/aromatic N) is 2. The van der Waals surface area contributed by atoms with E-state index >= 15 is 0 Å². The van der Waals surface area contributed by atoms with Crippen LogP contribution in [0.25, 0.3) is 0 Å². The molecule has 0 unspecified atom stereocenters. The molecule has 94 valence electrons. The molecule has 0 atom stereocenters. The summed E-state index contributed by atoms with van der Waals surface area (Å²) in [5, 5.41) is 15.9. The largest absolute Gasteiger partial charge is 0.370 e. The van der Waals surface area contributed by atoms with E-state index in [4.69, 9.17) is 0 Å². The molecule has 7 heteroatoms. The molecule has 0 saturated heterocycles. The molecule has 0 fully saturated rings. The molecule has 0 aromatic carbocycles. The number of unbranched alkanes of at least 4 members (excludes halogenated alkanes) is 1. The van der Waals surface area contributed by atoms with Gasteiger partial charge in [0, 0.05) is 25.5 Å². The third kappa shape index (κ3) is 5.55. The lowest BCUT2D eigenvalue weighted by Crippen LogP contribution is -2.25. The van der Waals surface area contributed by atoms with E-state index in [0.717, 1.165) is 31.2 Å². The van der Waals surface area contributed by atoms with Crippen molar-refractivity contribution < 1.29 is 4.92 Å². The van der Waals surface area contributed by atoms with Gasteiger partial charge in [-0.15, -0.1) is 0 Å². The maximum absolute atomic E-state index is 10.3. The average Bonchev–Trinajstić information content (AvgIpc) is 2.79. The number of hydrogen-bond acceptors (Lipinski definition) is 5. The van der Waals surface area contributed by atoms with Gasteiger partial charge in [0.1, 0.15) is 0 Å². The summed E-state index contributed by atoms with van der Waals surface area (Å²) in [7, 11) is 1.65. The molecule has 0 aliphatic carbocycles. The van der Waals surface area contributed by atoms with Crippen molar-refractivity contribution in [2.75, 3.05) is 13.6 Å². The zero-order valence-corrected chi connectivity index (χ0v) is 9.77. The number of rotatable bonds is 8. The first kappa shape index (κ1) is 13.0. The highest BCUT2D eigenvalue weighted by atomic mass is 16.6. The monoisotopic (exact) mass is 239 g/mol. The SMILES string of the molecule is CN/C(=C/[N+](=O)[O-])NCCCCc1cnc[nH]1. The van der Waals surface area contributed by atoms with Crippen molar-refractivity contribution in [1.29, 1.82) is 0 Å². The molecule has 0 amide bonds. The molecule has 17 heavy (non-hydrogen) atoms. The van der Waals surface area contributed by atoms with Crippen molar-refractivity contribution in [3.8, 4) is 0 Å². The Labute approximate surface area is 99.5 Å². The van der Waals surface area contributed by atoms with Crippen LogP contribution < -0.4 is 10.6 Å². The number of aromatic amines is 1. The summed E-state index contributed by atoms with van der Waals surface area (Å²) in [6, 6.07) is 0. The van der Waals surface area contributed by atoms with E-state index in [0.29, 0.717) is 12.4 Å². The van der Waals surface area contributed by atoms with Gasteiger partial charge in [0.05, 0.1) is 11.3 Å². The number of nitrogens with one attached hydrogen (secondary N) is 3. The molecule has 1 aromatic heterocycles. The Kier molecular flexibility index (Phi) is 5.56. The van der Waals surface area contributed by atoms with Crippen molar-refractivity contribution in [3.05, 3.63) is 40.4 Å². The molecule has 0 saturated carbocycles. The summed E-state index contributed by atoms with van der Waals surface area (Å²) in [5.41, 5.74) is 1.11. The number of H-pyrrole nitrogens is 1. The molecule has 1 aromatic rings. The minimum Gasteiger partial charge on any atom is -0.370 e. The van der Waals surface area contributed by atoms with E-state index in [2.05, 4.69) is 20.6 Å². The molecule has 0 spiro atoms. The fraction of sp³-hybridized carbons (Fsp3) is 0.500. The third-order valence-electron chi connectivity index (χ3n) is 2.25. The highest BCUT2D eigenvalue weighted by Crippen LogP contribution is 1.99. The highest BCUT2D eigenvalue weighted by Gasteiger charge is 1.99. The lowest BCUT2D eigenvalue weighted by molar-refractivity contribution is -0.404. The first-order chi connectivity index (χ1) is 8.22. The van der Waals surface area contributed by atoms with Crippen LogP contribution in [0.5, 0.6) is 0 Å². The third-order valence-corrected chi connectivity index (χ3v) is 2.25. The summed E-state index contributed by atoms with van der Waals surface area (Å²) in [4.78, 5) is 16.7. The van der Waals surface area contributed by atoms with Crippen LogP contribution in [0, 0.1) is 10.1 Å². The van der Waals surface area contributed by atoms with E-state index in [1.807, 2.05) is 0 Å². The van der Waals surface area contributed by atoms with E-state index < -0.39 is 4.92 Å². The fourth-order valence-corrected chi connectivity index (χ4v) is 1.39. The molecular formula is C10H17N5O2. The quantitative estimate of drug-likeness (QED) is 0.351. The summed E-state index contributed by atoms with van der Waals surface area (Å²) in [5.74, 6) is 0.427. The minimum atomic E-state index is -0.483. The summed E-state index contributed by atoms with van der Waals surface area (Å²) in [6.45, 7) is 0.703. The van der Waals surface area contributed by atoms with Crippen LogP contribution >= 0.6 is 0 Å². The maximum atomic E-state index is 10.3. The van der Waals surface area contributed by atoms with Gasteiger partial charge in [-0.05, 0) is 19.3 Å². The Morgan fingerprint density at radius 1 is 1.65 bits per heavy atom. The average molecular weight is 239 g/mol. The highest BCUT2D eigenvalue weighted by molar-refractivity contribution is 4.94. The predicted octanol–water partition coefficient (Wildman–Crippen LogP) is 0.617. The first-order valence-electron chi connectivity index (χ1n) is 5.46. The molecule has 1 heterocycles. The lowest BCUT2D eigenvalue weighted by atomic mass is 10.2. The van der Waals surface area contributed by atoms with Crippen LogP contribution in [-0.2, 0) is 6.42 Å². The van der Waals surface area contributed by atoms with Gasteiger partial charge in [0.15, 0.2) is 5.82 Å². The van der Waals surface area contributed by atoms with E-state index in [-0.39, 0.29) is 0 Å². The first-order valence-corrected chi connectivity index (χ1v) is 5.46. The predicted molar refractivity (Wildman–Crippen MR) is 63.7 cm³/mol. The van der Waals surface area contributed by atoms with E-state index in [1.165, 1.54) is 0 Å². The standard InChI is InChI=1S/C10H17N5O2/c1-11-10(7-15(16)17)13-5-3-2-4-9-6-12-8-14-9/h6-8,11,13H,2-5H2,1H3,(H,12,14)/b10-7-. The number of imidazole rings is 1. The van der Waals surface area contributed by atoms with Crippen molar-refractivity contribution in [2.24, 2.45) is 0 Å². The molecule has 0 aliphatic rings. The van der Waals surface area contributed by atoms with Gasteiger partial charge in [0.2, 0.25) is 0 Å². The Morgan fingerprint density at radius 2 is 2.47 bits per heavy atom. The van der Waals surface area contributed by atoms with Crippen LogP contribution in [0.3, 0.4) is 0 Å². The van der Waals surface area contributed by atoms with Gasteiger partial charge in [-0.3, -0.25) is 10.1 Å². The summed E-state index contributed by atoms with van der Waals surface area (Å²) >= 11 is 0. The van der Waals surface area contributed by atoms with Crippen LogP contribution in [0.1, 0.15) is 18.5 Å². The second kappa shape index (κ2) is 7.26. The molecule has 1 rings (SSSR count). The second-order valence-corrected chi connectivity index (χ2v) is 3.54. The molecule has 0 radical (unpaired) electrons. The number of nitro groups is 1. The van der Waals surface area contributed by atoms with Crippen molar-refractivity contribution in [1.82, 2.24) is 20.6 Å². The Morgan fingerprint density at radius 3 is 3.06 bits per heavy atom. The molecule has 0 bridgehead atoms. The maximum Gasteiger partial charge on any atom is 0.274 e. The summed E-state index contributed by atoms with van der Waals surface area (Å²) < 4.78 is 0. The van der Waals surface area contributed by atoms with Crippen LogP contribution in [0.2, 0.25) is 0 Å². The topological polar surface area (TPSA) is 95.9 Å². The van der Waals surface area contributed by atoms with Crippen molar-refractivity contribution in [3.63, 3.8) is 0 Å². The summed E-state index contributed by atoms with van der Waals surface area (Å²) in [6.07, 6.45) is 7.27. The minimum absolute atomic E-state index is 0.427. The molecule has 7 nitrogen and oxygen atoms in total. The van der Waals surface area contributed by atoms with Gasteiger partial charge in [0.25, 0.3) is 6.20 Å². The lowest BCUT2D eigenvalue weighted by Gasteiger charge is -2.07. The van der Waals surface area contributed by atoms with E-state index in [1.54, 1.807) is 19.6 Å². The van der Waals surface area contributed by atoms with Crippen LogP contribution in [0.15, 0.2) is 24.5 Å². The van der Waals surface area contributed by atoms with Crippen LogP contribution in [-0.4, -0.2) is 28.5 Å². The zero-order valence-electron chi connectivity index (χ0n) is 9.77. The Hall–Kier alpha value is -2.05. The van der Waals surface area contributed by atoms with Gasteiger partial charge >= 0.3 is 0 Å². The van der Waals surface area contributed by atoms with Gasteiger partial charge in [-0.2, -0.15) is 0 Å². The van der Waals surface area contributed by atoms with Crippen molar-refractivity contribution in [2.45, 2.75) is 19.3 Å². The number of aryl methyl sites for hydroxylation is 1. The number of hydrogen-bond donors (Lipinski definition) is 3. The number of aromatic nitrogens is 2. The van der Waals surface area contributed by atoms with Crippen molar-refractivity contribution >= 4 is 0 Å². The smallest absolute Gasteiger partial charge is 0.274 e. The Bertz CT molecular complexity index is 361. The normalized spacial score (nSPS) is 11.2. The fourth-order valence-electron chi connectivity index (χ4n) is 1.39. The van der Waals surface area contributed by atoms with Gasteiger partial charge in [-0.25, -0.2) is 4.98 Å². The van der Waals surface area contributed by atoms with E-state index in [9.17, 15) is 10.1 Å². The molecule has 3 N–H and O–H groups in total. The molecular weight excluding hydrogens is 222 g/mol. The molecule has 0 aliphatic heterocycles. The van der Waals surface area contributed by atoms with Crippen LogP contribution in [0.4, 0.5) is 0 Å². The second-order valence-electron chi connectivity index (χ2n) is 3.54. The Balaban J connectivity index is 2.13. The van der Waals surface area contributed by atoms with Gasteiger partial charge < -0.3 is 15.6 Å². The van der Waals surface area contributed by atoms with Gasteiger partial charge in [-0.1, -0.05) is 0 Å².